The maximum absolute atomic E-state index is 12.1. The minimum absolute atomic E-state index is 0.0520. The summed E-state index contributed by atoms with van der Waals surface area (Å²) in [5.74, 6) is 0.319. The maximum Gasteiger partial charge on any atom is 0.260 e. The fourth-order valence-corrected chi connectivity index (χ4v) is 4.36. The normalized spacial score (nSPS) is 13.8. The van der Waals surface area contributed by atoms with E-state index in [0.717, 1.165) is 18.2 Å². The van der Waals surface area contributed by atoms with Crippen molar-refractivity contribution in [2.24, 2.45) is 13.0 Å². The molecule has 0 bridgehead atoms. The minimum Gasteiger partial charge on any atom is -0.235 e. The highest BCUT2D eigenvalue weighted by Crippen LogP contribution is 2.18. The van der Waals surface area contributed by atoms with Gasteiger partial charge in [-0.15, -0.1) is 5.10 Å². The van der Waals surface area contributed by atoms with Crippen molar-refractivity contribution in [3.05, 3.63) is 4.60 Å². The third-order valence-electron chi connectivity index (χ3n) is 2.65. The summed E-state index contributed by atoms with van der Waals surface area (Å²) in [6, 6.07) is 0. The van der Waals surface area contributed by atoms with E-state index >= 15 is 0 Å². The van der Waals surface area contributed by atoms with E-state index < -0.39 is 10.0 Å². The van der Waals surface area contributed by atoms with Gasteiger partial charge in [0.2, 0.25) is 5.03 Å². The van der Waals surface area contributed by atoms with Gasteiger partial charge in [0, 0.05) is 18.9 Å². The fourth-order valence-electron chi connectivity index (χ4n) is 1.51. The molecule has 1 N–H and O–H groups in total. The average Bonchev–Trinajstić information content (AvgIpc) is 2.65. The molecule has 1 heterocycles. The first-order valence-corrected chi connectivity index (χ1v) is 8.93. The second-order valence-corrected chi connectivity index (χ2v) is 7.14. The number of nitrogens with zero attached hydrogens (tertiary/aromatic N) is 3. The molecule has 0 saturated heterocycles. The predicted octanol–water partition coefficient (Wildman–Crippen LogP) is 1.67. The van der Waals surface area contributed by atoms with E-state index in [1.807, 2.05) is 6.92 Å². The van der Waals surface area contributed by atoms with E-state index in [-0.39, 0.29) is 9.63 Å². The van der Waals surface area contributed by atoms with Gasteiger partial charge in [-0.25, -0.2) is 17.8 Å². The summed E-state index contributed by atoms with van der Waals surface area (Å²) in [5.41, 5.74) is 0. The van der Waals surface area contributed by atoms with Gasteiger partial charge in [-0.05, 0) is 28.3 Å². The van der Waals surface area contributed by atoms with Crippen LogP contribution in [0.5, 0.6) is 0 Å². The Labute approximate surface area is 124 Å². The first-order valence-electron chi connectivity index (χ1n) is 5.53. The molecular formula is C9H16Br2N4O2S. The molecule has 0 amide bonds. The van der Waals surface area contributed by atoms with Crippen molar-refractivity contribution in [3.8, 4) is 0 Å². The molecule has 0 saturated carbocycles. The molecule has 0 aliphatic rings. The van der Waals surface area contributed by atoms with Crippen LogP contribution in [0.1, 0.15) is 19.8 Å². The van der Waals surface area contributed by atoms with E-state index in [1.165, 1.54) is 4.68 Å². The van der Waals surface area contributed by atoms with Crippen LogP contribution in [0.15, 0.2) is 9.63 Å². The molecule has 0 aromatic carbocycles. The van der Waals surface area contributed by atoms with Crippen LogP contribution >= 0.6 is 31.9 Å². The Morgan fingerprint density at radius 3 is 2.61 bits per heavy atom. The molecule has 1 aromatic rings. The summed E-state index contributed by atoms with van der Waals surface area (Å²) in [7, 11) is -2.03. The zero-order chi connectivity index (χ0) is 13.8. The van der Waals surface area contributed by atoms with Crippen molar-refractivity contribution in [2.75, 3.05) is 11.9 Å². The predicted molar refractivity (Wildman–Crippen MR) is 76.1 cm³/mol. The molecule has 0 aliphatic heterocycles. The Bertz CT molecular complexity index is 469. The minimum atomic E-state index is -3.58. The average molecular weight is 404 g/mol. The van der Waals surface area contributed by atoms with Gasteiger partial charge in [0.15, 0.2) is 4.60 Å². The number of aromatic nitrogens is 3. The number of hydrogen-bond donors (Lipinski definition) is 1. The molecule has 0 aliphatic carbocycles. The smallest absolute Gasteiger partial charge is 0.235 e. The maximum atomic E-state index is 12.1. The lowest BCUT2D eigenvalue weighted by Gasteiger charge is -2.14. The lowest BCUT2D eigenvalue weighted by Crippen LogP contribution is -2.31. The van der Waals surface area contributed by atoms with Crippen molar-refractivity contribution < 1.29 is 8.42 Å². The SMILES string of the molecule is CCC(CCBr)CNS(=O)(=O)c1c(Br)nnn1C. The van der Waals surface area contributed by atoms with Gasteiger partial charge >= 0.3 is 0 Å². The lowest BCUT2D eigenvalue weighted by atomic mass is 10.0. The summed E-state index contributed by atoms with van der Waals surface area (Å²) in [4.78, 5) is 0. The van der Waals surface area contributed by atoms with Crippen LogP contribution in [0.25, 0.3) is 0 Å². The molecule has 1 aromatic heterocycles. The topological polar surface area (TPSA) is 76.9 Å². The standard InChI is InChI=1S/C9H16Br2N4O2S/c1-3-7(4-5-10)6-12-18(16,17)9-8(11)13-14-15(9)2/h7,12H,3-6H2,1-2H3. The monoisotopic (exact) mass is 402 g/mol. The van der Waals surface area contributed by atoms with Crippen molar-refractivity contribution in [1.29, 1.82) is 0 Å². The van der Waals surface area contributed by atoms with Gasteiger partial charge in [-0.1, -0.05) is 34.5 Å². The van der Waals surface area contributed by atoms with Crippen LogP contribution in [-0.4, -0.2) is 35.3 Å². The molecule has 1 rings (SSSR count). The van der Waals surface area contributed by atoms with E-state index in [0.29, 0.717) is 12.5 Å². The molecule has 6 nitrogen and oxygen atoms in total. The number of nitrogens with one attached hydrogen (secondary N) is 1. The van der Waals surface area contributed by atoms with Crippen LogP contribution in [0, 0.1) is 5.92 Å². The van der Waals surface area contributed by atoms with Gasteiger partial charge in [-0.3, -0.25) is 0 Å². The Kier molecular flexibility index (Phi) is 6.22. The Morgan fingerprint density at radius 1 is 1.50 bits per heavy atom. The molecule has 0 radical (unpaired) electrons. The number of rotatable bonds is 7. The van der Waals surface area contributed by atoms with E-state index in [2.05, 4.69) is 46.9 Å². The number of sulfonamides is 1. The Hall–Kier alpha value is 0.0100. The Morgan fingerprint density at radius 2 is 2.17 bits per heavy atom. The van der Waals surface area contributed by atoms with Crippen LogP contribution < -0.4 is 4.72 Å². The number of aryl methyl sites for hydroxylation is 1. The highest BCUT2D eigenvalue weighted by atomic mass is 79.9. The van der Waals surface area contributed by atoms with Crippen LogP contribution in [0.2, 0.25) is 0 Å². The largest absolute Gasteiger partial charge is 0.260 e. The van der Waals surface area contributed by atoms with Crippen LogP contribution in [0.4, 0.5) is 0 Å². The first kappa shape index (κ1) is 16.1. The summed E-state index contributed by atoms with van der Waals surface area (Å²) in [6.07, 6.45) is 1.86. The fraction of sp³-hybridized carbons (Fsp3) is 0.778. The quantitative estimate of drug-likeness (QED) is 0.702. The second-order valence-electron chi connectivity index (χ2n) is 3.91. The van der Waals surface area contributed by atoms with Gasteiger partial charge in [0.25, 0.3) is 10.0 Å². The van der Waals surface area contributed by atoms with Gasteiger partial charge in [0.1, 0.15) is 0 Å². The number of halogens is 2. The van der Waals surface area contributed by atoms with Crippen molar-refractivity contribution in [2.45, 2.75) is 24.8 Å². The summed E-state index contributed by atoms with van der Waals surface area (Å²) < 4.78 is 28.3. The Balaban J connectivity index is 2.77. The van der Waals surface area contributed by atoms with Gasteiger partial charge < -0.3 is 0 Å². The van der Waals surface area contributed by atoms with E-state index in [1.54, 1.807) is 7.05 Å². The molecule has 18 heavy (non-hydrogen) atoms. The number of alkyl halides is 1. The number of hydrogen-bond acceptors (Lipinski definition) is 4. The van der Waals surface area contributed by atoms with E-state index in [9.17, 15) is 8.42 Å². The second kappa shape index (κ2) is 6.97. The zero-order valence-corrected chi connectivity index (χ0v) is 14.2. The summed E-state index contributed by atoms with van der Waals surface area (Å²) >= 11 is 6.45. The highest BCUT2D eigenvalue weighted by molar-refractivity contribution is 9.10. The molecular weight excluding hydrogens is 388 g/mol. The molecule has 9 heteroatoms. The lowest BCUT2D eigenvalue weighted by molar-refractivity contribution is 0.480. The third-order valence-corrected chi connectivity index (χ3v) is 5.42. The van der Waals surface area contributed by atoms with Crippen molar-refractivity contribution in [1.82, 2.24) is 19.7 Å². The molecule has 0 fully saturated rings. The van der Waals surface area contributed by atoms with E-state index in [4.69, 9.17) is 0 Å². The molecule has 0 spiro atoms. The zero-order valence-electron chi connectivity index (χ0n) is 10.2. The summed E-state index contributed by atoms with van der Waals surface area (Å²) in [6.45, 7) is 2.46. The molecule has 1 atom stereocenters. The third kappa shape index (κ3) is 4.01. The van der Waals surface area contributed by atoms with Crippen LogP contribution in [0.3, 0.4) is 0 Å². The van der Waals surface area contributed by atoms with Crippen molar-refractivity contribution >= 4 is 41.9 Å². The molecule has 1 unspecified atom stereocenters. The van der Waals surface area contributed by atoms with Crippen LogP contribution in [-0.2, 0) is 17.1 Å². The highest BCUT2D eigenvalue weighted by Gasteiger charge is 2.24. The summed E-state index contributed by atoms with van der Waals surface area (Å²) in [5, 5.41) is 8.25. The van der Waals surface area contributed by atoms with Gasteiger partial charge in [0.05, 0.1) is 0 Å². The van der Waals surface area contributed by atoms with Crippen molar-refractivity contribution in [3.63, 3.8) is 0 Å². The molecule has 104 valence electrons. The first-order chi connectivity index (χ1) is 8.42. The van der Waals surface area contributed by atoms with Gasteiger partial charge in [-0.2, -0.15) is 0 Å².